The summed E-state index contributed by atoms with van der Waals surface area (Å²) < 4.78 is 0. The Balaban J connectivity index is 1.61. The molecule has 0 saturated heterocycles. The van der Waals surface area contributed by atoms with Gasteiger partial charge in [0.15, 0.2) is 0 Å². The monoisotopic (exact) mass is 309 g/mol. The number of hydrogen-bond donors (Lipinski definition) is 0. The van der Waals surface area contributed by atoms with Crippen molar-refractivity contribution in [3.8, 4) is 0 Å². The number of aromatic nitrogens is 1. The number of pyridine rings is 1. The van der Waals surface area contributed by atoms with E-state index in [2.05, 4.69) is 41.1 Å². The van der Waals surface area contributed by atoms with E-state index >= 15 is 0 Å². The van der Waals surface area contributed by atoms with Gasteiger partial charge >= 0.3 is 0 Å². The molecule has 1 aliphatic rings. The standard InChI is InChI=1S/C19H23N3O/c1-15(17-8-5-10-20-12-17)21(2)14-19(23)22-11-9-16-6-3-4-7-18(16)13-22/h3-8,10,12,15H,9,11,13-14H2,1-2H3/t15-/m1/s1. The number of carbonyl (C=O) groups excluding carboxylic acids is 1. The number of benzene rings is 1. The number of rotatable bonds is 4. The SMILES string of the molecule is C[C@H](c1cccnc1)N(C)CC(=O)N1CCc2ccccc2C1. The van der Waals surface area contributed by atoms with Gasteiger partial charge in [-0.05, 0) is 43.1 Å². The molecule has 1 amide bonds. The molecular formula is C19H23N3O. The van der Waals surface area contributed by atoms with Gasteiger partial charge in [0.1, 0.15) is 0 Å². The summed E-state index contributed by atoms with van der Waals surface area (Å²) in [5.41, 5.74) is 3.77. The fourth-order valence-electron chi connectivity index (χ4n) is 3.04. The molecule has 1 aliphatic heterocycles. The van der Waals surface area contributed by atoms with Crippen molar-refractivity contribution in [2.45, 2.75) is 25.9 Å². The highest BCUT2D eigenvalue weighted by molar-refractivity contribution is 5.78. The van der Waals surface area contributed by atoms with Crippen molar-refractivity contribution in [2.75, 3.05) is 20.1 Å². The summed E-state index contributed by atoms with van der Waals surface area (Å²) in [5, 5.41) is 0. The highest BCUT2D eigenvalue weighted by Gasteiger charge is 2.23. The van der Waals surface area contributed by atoms with Crippen LogP contribution < -0.4 is 0 Å². The molecule has 0 radical (unpaired) electrons. The molecule has 0 spiro atoms. The van der Waals surface area contributed by atoms with Gasteiger partial charge in [-0.3, -0.25) is 14.7 Å². The smallest absolute Gasteiger partial charge is 0.237 e. The zero-order chi connectivity index (χ0) is 16.2. The molecule has 0 bridgehead atoms. The van der Waals surface area contributed by atoms with Crippen LogP contribution in [0.2, 0.25) is 0 Å². The second-order valence-corrected chi connectivity index (χ2v) is 6.21. The maximum atomic E-state index is 12.6. The minimum absolute atomic E-state index is 0.171. The Morgan fingerprint density at radius 1 is 1.26 bits per heavy atom. The van der Waals surface area contributed by atoms with E-state index in [1.54, 1.807) is 6.20 Å². The first-order valence-corrected chi connectivity index (χ1v) is 8.10. The summed E-state index contributed by atoms with van der Waals surface area (Å²) in [4.78, 5) is 20.8. The third-order valence-electron chi connectivity index (χ3n) is 4.70. The molecule has 3 rings (SSSR count). The van der Waals surface area contributed by atoms with Gasteiger partial charge in [0, 0.05) is 31.5 Å². The van der Waals surface area contributed by atoms with Gasteiger partial charge in [-0.2, -0.15) is 0 Å². The number of nitrogens with zero attached hydrogens (tertiary/aromatic N) is 3. The first-order valence-electron chi connectivity index (χ1n) is 8.10. The van der Waals surface area contributed by atoms with Crippen molar-refractivity contribution >= 4 is 5.91 Å². The quantitative estimate of drug-likeness (QED) is 0.871. The molecule has 1 aromatic carbocycles. The summed E-state index contributed by atoms with van der Waals surface area (Å²) in [7, 11) is 1.99. The number of fused-ring (bicyclic) bond motifs is 1. The zero-order valence-electron chi connectivity index (χ0n) is 13.8. The topological polar surface area (TPSA) is 36.4 Å². The summed E-state index contributed by atoms with van der Waals surface area (Å²) in [6.07, 6.45) is 4.58. The molecule has 120 valence electrons. The van der Waals surface area contributed by atoms with Crippen molar-refractivity contribution in [3.05, 3.63) is 65.5 Å². The fraction of sp³-hybridized carbons (Fsp3) is 0.368. The maximum Gasteiger partial charge on any atom is 0.237 e. The van der Waals surface area contributed by atoms with Crippen LogP contribution in [-0.2, 0) is 17.8 Å². The van der Waals surface area contributed by atoms with E-state index in [4.69, 9.17) is 0 Å². The largest absolute Gasteiger partial charge is 0.337 e. The van der Waals surface area contributed by atoms with Crippen LogP contribution in [0.5, 0.6) is 0 Å². The Hall–Kier alpha value is -2.20. The Morgan fingerprint density at radius 2 is 2.04 bits per heavy atom. The summed E-state index contributed by atoms with van der Waals surface area (Å²) >= 11 is 0. The van der Waals surface area contributed by atoms with E-state index in [-0.39, 0.29) is 11.9 Å². The lowest BCUT2D eigenvalue weighted by atomic mass is 10.00. The van der Waals surface area contributed by atoms with Crippen LogP contribution in [0.1, 0.15) is 29.7 Å². The molecular weight excluding hydrogens is 286 g/mol. The molecule has 1 aromatic heterocycles. The van der Waals surface area contributed by atoms with Crippen molar-refractivity contribution < 1.29 is 4.79 Å². The second kappa shape index (κ2) is 6.92. The van der Waals surface area contributed by atoms with Crippen molar-refractivity contribution in [3.63, 3.8) is 0 Å². The predicted molar refractivity (Wildman–Crippen MR) is 90.8 cm³/mol. The molecule has 0 unspecified atom stereocenters. The van der Waals surface area contributed by atoms with Gasteiger partial charge in [-0.25, -0.2) is 0 Å². The minimum atomic E-state index is 0.171. The fourth-order valence-corrected chi connectivity index (χ4v) is 3.04. The van der Waals surface area contributed by atoms with Crippen LogP contribution in [0.25, 0.3) is 0 Å². The lowest BCUT2D eigenvalue weighted by Crippen LogP contribution is -2.42. The van der Waals surface area contributed by atoms with E-state index < -0.39 is 0 Å². The number of likely N-dealkylation sites (N-methyl/N-ethyl adjacent to an activating group) is 1. The van der Waals surface area contributed by atoms with Crippen LogP contribution in [0, 0.1) is 0 Å². The first kappa shape index (κ1) is 15.7. The summed E-state index contributed by atoms with van der Waals surface area (Å²) in [6, 6.07) is 12.6. The lowest BCUT2D eigenvalue weighted by Gasteiger charge is -2.32. The molecule has 4 heteroatoms. The predicted octanol–water partition coefficient (Wildman–Crippen LogP) is 2.66. The van der Waals surface area contributed by atoms with Gasteiger partial charge in [0.05, 0.1) is 6.54 Å². The first-order chi connectivity index (χ1) is 11.1. The highest BCUT2D eigenvalue weighted by atomic mass is 16.2. The number of amides is 1. The van der Waals surface area contributed by atoms with E-state index in [9.17, 15) is 4.79 Å². The van der Waals surface area contributed by atoms with E-state index in [1.165, 1.54) is 11.1 Å². The van der Waals surface area contributed by atoms with Crippen LogP contribution in [0.4, 0.5) is 0 Å². The molecule has 1 atom stereocenters. The minimum Gasteiger partial charge on any atom is -0.337 e. The van der Waals surface area contributed by atoms with Crippen LogP contribution in [-0.4, -0.2) is 40.8 Å². The Labute approximate surface area is 137 Å². The maximum absolute atomic E-state index is 12.6. The van der Waals surface area contributed by atoms with Crippen molar-refractivity contribution in [1.29, 1.82) is 0 Å². The third kappa shape index (κ3) is 3.59. The Morgan fingerprint density at radius 3 is 2.78 bits per heavy atom. The van der Waals surface area contributed by atoms with Gasteiger partial charge in [0.2, 0.25) is 5.91 Å². The Bertz CT molecular complexity index is 671. The molecule has 0 N–H and O–H groups in total. The van der Waals surface area contributed by atoms with Gasteiger partial charge in [0.25, 0.3) is 0 Å². The van der Waals surface area contributed by atoms with Gasteiger partial charge < -0.3 is 4.90 Å². The van der Waals surface area contributed by atoms with Crippen molar-refractivity contribution in [2.24, 2.45) is 0 Å². The molecule has 2 aromatic rings. The molecule has 0 saturated carbocycles. The molecule has 23 heavy (non-hydrogen) atoms. The number of hydrogen-bond acceptors (Lipinski definition) is 3. The molecule has 0 aliphatic carbocycles. The molecule has 2 heterocycles. The molecule has 0 fully saturated rings. The average molecular weight is 309 g/mol. The van der Waals surface area contributed by atoms with E-state index in [0.29, 0.717) is 6.54 Å². The summed E-state index contributed by atoms with van der Waals surface area (Å²) in [5.74, 6) is 0.192. The normalized spacial score (nSPS) is 15.3. The third-order valence-corrected chi connectivity index (χ3v) is 4.70. The van der Waals surface area contributed by atoms with Crippen LogP contribution >= 0.6 is 0 Å². The molecule has 4 nitrogen and oxygen atoms in total. The van der Waals surface area contributed by atoms with Gasteiger partial charge in [-0.15, -0.1) is 0 Å². The Kier molecular flexibility index (Phi) is 4.72. The van der Waals surface area contributed by atoms with Crippen LogP contribution in [0.15, 0.2) is 48.8 Å². The van der Waals surface area contributed by atoms with Gasteiger partial charge in [-0.1, -0.05) is 30.3 Å². The summed E-state index contributed by atoms with van der Waals surface area (Å²) in [6.45, 7) is 4.07. The van der Waals surface area contributed by atoms with Crippen molar-refractivity contribution in [1.82, 2.24) is 14.8 Å². The lowest BCUT2D eigenvalue weighted by molar-refractivity contribution is -0.133. The van der Waals surface area contributed by atoms with Crippen LogP contribution in [0.3, 0.4) is 0 Å². The second-order valence-electron chi connectivity index (χ2n) is 6.21. The average Bonchev–Trinajstić information content (AvgIpc) is 2.61. The van der Waals surface area contributed by atoms with E-state index in [1.807, 2.05) is 30.3 Å². The number of carbonyl (C=O) groups is 1. The highest BCUT2D eigenvalue weighted by Crippen LogP contribution is 2.20. The zero-order valence-corrected chi connectivity index (χ0v) is 13.8. The van der Waals surface area contributed by atoms with E-state index in [0.717, 1.165) is 25.1 Å².